The van der Waals surface area contributed by atoms with E-state index in [1.807, 2.05) is 23.6 Å². The van der Waals surface area contributed by atoms with Crippen LogP contribution in [0, 0.1) is 5.41 Å². The second kappa shape index (κ2) is 10.6. The van der Waals surface area contributed by atoms with Gasteiger partial charge in [0.25, 0.3) is 5.91 Å². The molecule has 4 rings (SSSR count). The maximum absolute atomic E-state index is 13.1. The molecular weight excluding hydrogens is 517 g/mol. The SMILES string of the molecule is CCn1c(C(=O)Nc2ccc(N3CCN(C(=O)CC(C)(C)C(=O)O)CC3)nc2)cc2c(Cl)c(Cl)ccc21. The van der Waals surface area contributed by atoms with E-state index in [-0.39, 0.29) is 18.2 Å². The number of rotatable bonds is 7. The molecule has 0 aliphatic carbocycles. The van der Waals surface area contributed by atoms with Gasteiger partial charge in [0.05, 0.1) is 32.9 Å². The molecule has 1 fully saturated rings. The lowest BCUT2D eigenvalue weighted by Crippen LogP contribution is -2.50. The molecule has 196 valence electrons. The monoisotopic (exact) mass is 545 g/mol. The van der Waals surface area contributed by atoms with E-state index in [2.05, 4.69) is 15.2 Å². The molecule has 3 heterocycles. The van der Waals surface area contributed by atoms with E-state index in [4.69, 9.17) is 23.2 Å². The van der Waals surface area contributed by atoms with Gasteiger partial charge in [-0.3, -0.25) is 14.4 Å². The van der Waals surface area contributed by atoms with Crippen LogP contribution in [-0.4, -0.2) is 63.5 Å². The molecule has 11 heteroatoms. The van der Waals surface area contributed by atoms with Crippen LogP contribution in [-0.2, 0) is 16.1 Å². The number of aromatic nitrogens is 2. The van der Waals surface area contributed by atoms with Crippen LogP contribution in [0.5, 0.6) is 0 Å². The molecule has 0 radical (unpaired) electrons. The average Bonchev–Trinajstić information content (AvgIpc) is 3.26. The Morgan fingerprint density at radius 2 is 1.78 bits per heavy atom. The topological polar surface area (TPSA) is 108 Å². The molecule has 2 aromatic heterocycles. The summed E-state index contributed by atoms with van der Waals surface area (Å²) >= 11 is 12.5. The first-order valence-electron chi connectivity index (χ1n) is 12.0. The molecule has 0 atom stereocenters. The fourth-order valence-electron chi connectivity index (χ4n) is 4.39. The van der Waals surface area contributed by atoms with Crippen molar-refractivity contribution in [2.75, 3.05) is 36.4 Å². The zero-order valence-electron chi connectivity index (χ0n) is 20.9. The molecule has 1 saturated heterocycles. The van der Waals surface area contributed by atoms with E-state index in [1.165, 1.54) is 0 Å². The Morgan fingerprint density at radius 3 is 2.38 bits per heavy atom. The fraction of sp³-hybridized carbons (Fsp3) is 0.385. The van der Waals surface area contributed by atoms with Crippen molar-refractivity contribution < 1.29 is 19.5 Å². The Labute approximate surface area is 225 Å². The number of carbonyl (C=O) groups excluding carboxylic acids is 2. The number of hydrogen-bond donors (Lipinski definition) is 2. The van der Waals surface area contributed by atoms with Gasteiger partial charge in [-0.15, -0.1) is 0 Å². The third-order valence-electron chi connectivity index (χ3n) is 6.66. The van der Waals surface area contributed by atoms with Gasteiger partial charge in [0.1, 0.15) is 11.5 Å². The van der Waals surface area contributed by atoms with Gasteiger partial charge in [-0.2, -0.15) is 0 Å². The summed E-state index contributed by atoms with van der Waals surface area (Å²) in [7, 11) is 0. The summed E-state index contributed by atoms with van der Waals surface area (Å²) in [6.07, 6.45) is 1.56. The molecule has 0 saturated carbocycles. The predicted octanol–water partition coefficient (Wildman–Crippen LogP) is 4.76. The highest BCUT2D eigenvalue weighted by molar-refractivity contribution is 6.45. The first kappa shape index (κ1) is 26.8. The number of carboxylic acids is 1. The van der Waals surface area contributed by atoms with E-state index in [1.54, 1.807) is 43.1 Å². The highest BCUT2D eigenvalue weighted by Crippen LogP contribution is 2.33. The van der Waals surface area contributed by atoms with Crippen LogP contribution in [0.4, 0.5) is 11.5 Å². The number of aryl methyl sites for hydroxylation is 1. The number of hydrogen-bond acceptors (Lipinski definition) is 5. The van der Waals surface area contributed by atoms with E-state index in [0.29, 0.717) is 54.2 Å². The number of carbonyl (C=O) groups is 3. The Morgan fingerprint density at radius 1 is 1.08 bits per heavy atom. The molecular formula is C26H29Cl2N5O4. The van der Waals surface area contributed by atoms with Gasteiger partial charge < -0.3 is 24.8 Å². The van der Waals surface area contributed by atoms with E-state index in [0.717, 1.165) is 16.7 Å². The lowest BCUT2D eigenvalue weighted by atomic mass is 9.89. The van der Waals surface area contributed by atoms with Crippen LogP contribution < -0.4 is 10.2 Å². The van der Waals surface area contributed by atoms with Gasteiger partial charge in [0, 0.05) is 44.5 Å². The molecule has 1 aliphatic rings. The molecule has 0 spiro atoms. The molecule has 3 aromatic rings. The first-order valence-corrected chi connectivity index (χ1v) is 12.8. The predicted molar refractivity (Wildman–Crippen MR) is 145 cm³/mol. The van der Waals surface area contributed by atoms with Crippen LogP contribution in [0.2, 0.25) is 10.0 Å². The van der Waals surface area contributed by atoms with Crippen molar-refractivity contribution in [2.24, 2.45) is 5.41 Å². The summed E-state index contributed by atoms with van der Waals surface area (Å²) in [5, 5.41) is 13.7. The van der Waals surface area contributed by atoms with Crippen molar-refractivity contribution >= 4 is 63.4 Å². The highest BCUT2D eigenvalue weighted by Gasteiger charge is 2.33. The average molecular weight is 546 g/mol. The zero-order chi connectivity index (χ0) is 26.9. The highest BCUT2D eigenvalue weighted by atomic mass is 35.5. The number of nitrogens with zero attached hydrogens (tertiary/aromatic N) is 4. The fourth-order valence-corrected chi connectivity index (χ4v) is 4.77. The number of nitrogens with one attached hydrogen (secondary N) is 1. The normalized spacial score (nSPS) is 14.2. The lowest BCUT2D eigenvalue weighted by molar-refractivity contribution is -0.151. The van der Waals surface area contributed by atoms with Gasteiger partial charge in [0.2, 0.25) is 5.91 Å². The maximum Gasteiger partial charge on any atom is 0.309 e. The first-order chi connectivity index (χ1) is 17.5. The van der Waals surface area contributed by atoms with Crippen molar-refractivity contribution in [3.05, 3.63) is 52.3 Å². The Balaban J connectivity index is 1.39. The number of halogens is 2. The van der Waals surface area contributed by atoms with Crippen molar-refractivity contribution in [2.45, 2.75) is 33.7 Å². The van der Waals surface area contributed by atoms with Crippen LogP contribution in [0.3, 0.4) is 0 Å². The number of amides is 2. The maximum atomic E-state index is 13.1. The molecule has 2 amide bonds. The van der Waals surface area contributed by atoms with Crippen molar-refractivity contribution in [3.63, 3.8) is 0 Å². The van der Waals surface area contributed by atoms with Crippen molar-refractivity contribution in [3.8, 4) is 0 Å². The van der Waals surface area contributed by atoms with Crippen LogP contribution in [0.1, 0.15) is 37.7 Å². The zero-order valence-corrected chi connectivity index (χ0v) is 22.4. The Bertz CT molecular complexity index is 1350. The van der Waals surface area contributed by atoms with E-state index >= 15 is 0 Å². The van der Waals surface area contributed by atoms with Gasteiger partial charge in [0.15, 0.2) is 0 Å². The molecule has 1 aromatic carbocycles. The minimum absolute atomic E-state index is 0.0365. The van der Waals surface area contributed by atoms with Crippen molar-refractivity contribution in [1.29, 1.82) is 0 Å². The quantitative estimate of drug-likeness (QED) is 0.443. The molecule has 0 unspecified atom stereocenters. The van der Waals surface area contributed by atoms with Gasteiger partial charge in [-0.25, -0.2) is 4.98 Å². The van der Waals surface area contributed by atoms with Gasteiger partial charge in [-0.05, 0) is 51.1 Å². The second-order valence-corrected chi connectivity index (χ2v) is 10.4. The Kier molecular flexibility index (Phi) is 7.66. The van der Waals surface area contributed by atoms with E-state index in [9.17, 15) is 19.5 Å². The lowest BCUT2D eigenvalue weighted by Gasteiger charge is -2.36. The Hall–Kier alpha value is -3.30. The second-order valence-electron chi connectivity index (χ2n) is 9.66. The van der Waals surface area contributed by atoms with Crippen LogP contribution in [0.25, 0.3) is 10.9 Å². The van der Waals surface area contributed by atoms with Gasteiger partial charge in [-0.1, -0.05) is 23.2 Å². The number of fused-ring (bicyclic) bond motifs is 1. The molecule has 37 heavy (non-hydrogen) atoms. The third-order valence-corrected chi connectivity index (χ3v) is 7.47. The van der Waals surface area contributed by atoms with E-state index < -0.39 is 11.4 Å². The summed E-state index contributed by atoms with van der Waals surface area (Å²) in [5.41, 5.74) is 0.758. The standard InChI is InChI=1S/C26H29Cl2N5O4/c1-4-33-19-7-6-18(27)23(28)17(19)13-20(33)24(35)30-16-5-8-21(29-15-16)31-9-11-32(12-10-31)22(34)14-26(2,3)25(36)37/h5-8,13,15H,4,9-12,14H2,1-3H3,(H,30,35)(H,36,37). The minimum atomic E-state index is -1.10. The van der Waals surface area contributed by atoms with Crippen molar-refractivity contribution in [1.82, 2.24) is 14.5 Å². The molecule has 9 nitrogen and oxygen atoms in total. The summed E-state index contributed by atoms with van der Waals surface area (Å²) < 4.78 is 1.88. The minimum Gasteiger partial charge on any atom is -0.481 e. The molecule has 1 aliphatic heterocycles. The number of aliphatic carboxylic acids is 1. The summed E-state index contributed by atoms with van der Waals surface area (Å²) in [4.78, 5) is 45.2. The largest absolute Gasteiger partial charge is 0.481 e. The van der Waals surface area contributed by atoms with Crippen LogP contribution in [0.15, 0.2) is 36.5 Å². The summed E-state index contributed by atoms with van der Waals surface area (Å²) in [6, 6.07) is 8.92. The summed E-state index contributed by atoms with van der Waals surface area (Å²) in [5.74, 6) is -0.692. The molecule has 2 N–H and O–H groups in total. The number of carboxylic acid groups (broad SMARTS) is 1. The number of benzene rings is 1. The molecule has 0 bridgehead atoms. The number of pyridine rings is 1. The summed E-state index contributed by atoms with van der Waals surface area (Å²) in [6.45, 7) is 7.79. The smallest absolute Gasteiger partial charge is 0.309 e. The van der Waals surface area contributed by atoms with Crippen LogP contribution >= 0.6 is 23.2 Å². The van der Waals surface area contributed by atoms with Gasteiger partial charge >= 0.3 is 5.97 Å². The number of anilines is 2. The third kappa shape index (κ3) is 5.52. The number of piperazine rings is 1.